The summed E-state index contributed by atoms with van der Waals surface area (Å²) in [6.07, 6.45) is -2.95. The summed E-state index contributed by atoms with van der Waals surface area (Å²) >= 11 is 0. The van der Waals surface area contributed by atoms with Gasteiger partial charge in [0.15, 0.2) is 0 Å². The van der Waals surface area contributed by atoms with E-state index in [1.165, 1.54) is 13.8 Å². The zero-order valence-corrected chi connectivity index (χ0v) is 16.0. The molecule has 152 valence electrons. The normalized spacial score (nSPS) is 12.0. The molecule has 2 amide bonds. The lowest BCUT2D eigenvalue weighted by Crippen LogP contribution is -2.39. The number of amides is 2. The van der Waals surface area contributed by atoms with Gasteiger partial charge in [-0.2, -0.15) is 0 Å². The van der Waals surface area contributed by atoms with Crippen LogP contribution in [0.15, 0.2) is 24.3 Å². The number of rotatable bonds is 10. The highest BCUT2D eigenvalue weighted by atomic mass is 16.6. The van der Waals surface area contributed by atoms with Crippen LogP contribution in [-0.4, -0.2) is 56.2 Å². The van der Waals surface area contributed by atoms with Crippen molar-refractivity contribution in [3.63, 3.8) is 0 Å². The number of hydrogen-bond acceptors (Lipinski definition) is 8. The quantitative estimate of drug-likeness (QED) is 0.249. The van der Waals surface area contributed by atoms with Gasteiger partial charge in [-0.25, -0.2) is 19.2 Å². The molecule has 0 saturated heterocycles. The van der Waals surface area contributed by atoms with E-state index in [9.17, 15) is 19.2 Å². The van der Waals surface area contributed by atoms with Crippen LogP contribution in [0.4, 0.5) is 9.59 Å². The summed E-state index contributed by atoms with van der Waals surface area (Å²) in [5, 5.41) is 4.50. The van der Waals surface area contributed by atoms with Gasteiger partial charge in [0.1, 0.15) is 25.4 Å². The fourth-order valence-electron chi connectivity index (χ4n) is 1.31. The maximum Gasteiger partial charge on any atom is 0.408 e. The minimum atomic E-state index is -0.822. The fraction of sp³-hybridized carbons (Fsp3) is 0.529. The third kappa shape index (κ3) is 12.0. The number of ether oxygens (including phenoxy) is 4. The van der Waals surface area contributed by atoms with Crippen LogP contribution >= 0.6 is 0 Å². The minimum Gasteiger partial charge on any atom is -0.456 e. The highest BCUT2D eigenvalue weighted by Gasteiger charge is 2.14. The Morgan fingerprint density at radius 1 is 0.778 bits per heavy atom. The van der Waals surface area contributed by atoms with Crippen molar-refractivity contribution in [3.05, 3.63) is 24.3 Å². The molecule has 10 heteroatoms. The van der Waals surface area contributed by atoms with Gasteiger partial charge >= 0.3 is 24.1 Å². The maximum atomic E-state index is 11.5. The second kappa shape index (κ2) is 12.3. The van der Waals surface area contributed by atoms with Gasteiger partial charge in [-0.3, -0.25) is 0 Å². The molecule has 10 nitrogen and oxygen atoms in total. The number of hydrogen-bond donors (Lipinski definition) is 2. The molecule has 0 rings (SSSR count). The molecule has 2 atom stereocenters. The first kappa shape index (κ1) is 24.0. The van der Waals surface area contributed by atoms with Gasteiger partial charge in [-0.05, 0) is 27.7 Å². The standard InChI is InChI=1S/C17H26N2O8/c1-10(2)14(20)26-12(5)7-24-16(22)18-9-19-17(23)25-8-13(6)27-15(21)11(3)4/h12-13H,1,3,7-9H2,2,4-6H3,(H,18,22)(H,19,23). The summed E-state index contributed by atoms with van der Waals surface area (Å²) in [5.74, 6) is -1.17. The SMILES string of the molecule is C=C(C)C(=O)OC(C)COC(=O)NCNC(=O)OCC(C)OC(=O)C(=C)C. The predicted octanol–water partition coefficient (Wildman–Crippen LogP) is 1.41. The van der Waals surface area contributed by atoms with Crippen molar-refractivity contribution in [2.24, 2.45) is 0 Å². The molecule has 0 radical (unpaired) electrons. The van der Waals surface area contributed by atoms with Crippen LogP contribution in [-0.2, 0) is 28.5 Å². The lowest BCUT2D eigenvalue weighted by molar-refractivity contribution is -0.146. The van der Waals surface area contributed by atoms with Crippen LogP contribution < -0.4 is 10.6 Å². The molecule has 0 aromatic rings. The van der Waals surface area contributed by atoms with Crippen LogP contribution in [0.2, 0.25) is 0 Å². The van der Waals surface area contributed by atoms with Gasteiger partial charge in [0.2, 0.25) is 0 Å². The molecule has 0 aliphatic carbocycles. The summed E-state index contributed by atoms with van der Waals surface area (Å²) in [7, 11) is 0. The number of esters is 2. The Hall–Kier alpha value is -3.04. The highest BCUT2D eigenvalue weighted by molar-refractivity contribution is 5.87. The molecule has 0 saturated carbocycles. The largest absolute Gasteiger partial charge is 0.456 e. The van der Waals surface area contributed by atoms with Crippen LogP contribution in [0.25, 0.3) is 0 Å². The van der Waals surface area contributed by atoms with Crippen molar-refractivity contribution in [1.29, 1.82) is 0 Å². The van der Waals surface area contributed by atoms with Gasteiger partial charge in [-0.1, -0.05) is 13.2 Å². The Labute approximate surface area is 157 Å². The zero-order valence-electron chi connectivity index (χ0n) is 16.0. The van der Waals surface area contributed by atoms with E-state index in [0.717, 1.165) is 0 Å². The molecular formula is C17H26N2O8. The van der Waals surface area contributed by atoms with Crippen molar-refractivity contribution in [3.8, 4) is 0 Å². The maximum absolute atomic E-state index is 11.5. The molecule has 0 aromatic carbocycles. The van der Waals surface area contributed by atoms with Gasteiger partial charge in [-0.15, -0.1) is 0 Å². The van der Waals surface area contributed by atoms with Crippen molar-refractivity contribution < 1.29 is 38.1 Å². The number of nitrogens with one attached hydrogen (secondary N) is 2. The van der Waals surface area contributed by atoms with E-state index in [1.54, 1.807) is 13.8 Å². The first-order chi connectivity index (χ1) is 12.5. The zero-order chi connectivity index (χ0) is 21.0. The number of carbonyl (C=O) groups excluding carboxylic acids is 4. The van der Waals surface area contributed by atoms with Crippen LogP contribution in [0, 0.1) is 0 Å². The molecule has 27 heavy (non-hydrogen) atoms. The van der Waals surface area contributed by atoms with Crippen molar-refractivity contribution in [1.82, 2.24) is 10.6 Å². The average Bonchev–Trinajstić information content (AvgIpc) is 2.57. The van der Waals surface area contributed by atoms with Gasteiger partial charge in [0.25, 0.3) is 0 Å². The molecule has 2 unspecified atom stereocenters. The molecule has 0 aliphatic heterocycles. The number of carbonyl (C=O) groups is 4. The summed E-state index contributed by atoms with van der Waals surface area (Å²) in [4.78, 5) is 45.5. The molecular weight excluding hydrogens is 360 g/mol. The molecule has 0 fully saturated rings. The van der Waals surface area contributed by atoms with Crippen LogP contribution in [0.3, 0.4) is 0 Å². The van der Waals surface area contributed by atoms with E-state index in [1.807, 2.05) is 0 Å². The Morgan fingerprint density at radius 3 is 1.41 bits per heavy atom. The molecule has 0 aliphatic rings. The van der Waals surface area contributed by atoms with Crippen molar-refractivity contribution in [2.75, 3.05) is 19.9 Å². The summed E-state index contributed by atoms with van der Waals surface area (Å²) < 4.78 is 19.5. The van der Waals surface area contributed by atoms with E-state index in [2.05, 4.69) is 23.8 Å². The van der Waals surface area contributed by atoms with Gasteiger partial charge in [0.05, 0.1) is 6.67 Å². The fourth-order valence-corrected chi connectivity index (χ4v) is 1.31. The summed E-state index contributed by atoms with van der Waals surface area (Å²) in [5.41, 5.74) is 0.468. The predicted molar refractivity (Wildman–Crippen MR) is 94.6 cm³/mol. The Morgan fingerprint density at radius 2 is 1.11 bits per heavy atom. The number of alkyl carbamates (subject to hydrolysis) is 2. The summed E-state index contributed by atoms with van der Waals surface area (Å²) in [6, 6.07) is 0. The van der Waals surface area contributed by atoms with E-state index in [4.69, 9.17) is 18.9 Å². The molecule has 0 bridgehead atoms. The van der Waals surface area contributed by atoms with E-state index < -0.39 is 36.3 Å². The highest BCUT2D eigenvalue weighted by Crippen LogP contribution is 2.00. The smallest absolute Gasteiger partial charge is 0.408 e. The second-order valence-corrected chi connectivity index (χ2v) is 5.72. The third-order valence-electron chi connectivity index (χ3n) is 2.68. The Bertz CT molecular complexity index is 537. The molecule has 0 heterocycles. The second-order valence-electron chi connectivity index (χ2n) is 5.72. The Kier molecular flexibility index (Phi) is 10.9. The van der Waals surface area contributed by atoms with Gasteiger partial charge < -0.3 is 29.6 Å². The first-order valence-corrected chi connectivity index (χ1v) is 8.07. The lowest BCUT2D eigenvalue weighted by atomic mass is 10.3. The van der Waals surface area contributed by atoms with Crippen molar-refractivity contribution >= 4 is 24.1 Å². The first-order valence-electron chi connectivity index (χ1n) is 8.07. The van der Waals surface area contributed by atoms with E-state index in [-0.39, 0.29) is 31.0 Å². The topological polar surface area (TPSA) is 129 Å². The Balaban J connectivity index is 3.89. The lowest BCUT2D eigenvalue weighted by Gasteiger charge is -2.15. The van der Waals surface area contributed by atoms with E-state index in [0.29, 0.717) is 0 Å². The average molecular weight is 386 g/mol. The van der Waals surface area contributed by atoms with Crippen LogP contribution in [0.5, 0.6) is 0 Å². The van der Waals surface area contributed by atoms with Gasteiger partial charge in [0, 0.05) is 11.1 Å². The van der Waals surface area contributed by atoms with E-state index >= 15 is 0 Å². The molecule has 0 spiro atoms. The molecule has 2 N–H and O–H groups in total. The molecule has 0 aromatic heterocycles. The monoisotopic (exact) mass is 386 g/mol. The minimum absolute atomic E-state index is 0.166. The third-order valence-corrected chi connectivity index (χ3v) is 2.68. The van der Waals surface area contributed by atoms with Crippen molar-refractivity contribution in [2.45, 2.75) is 39.9 Å². The van der Waals surface area contributed by atoms with Crippen LogP contribution in [0.1, 0.15) is 27.7 Å². The summed E-state index contributed by atoms with van der Waals surface area (Å²) in [6.45, 7) is 12.4.